The molecule has 2 N–H and O–H groups in total. The number of amides is 1. The Bertz CT molecular complexity index is 1300. The SMILES string of the molecule is CCc1ccc(NC(=O)[C@H](C)OC(=O)c2ccc(Cl)c(S(=O)(=O)Nc3ccc(F)cc3)c2)cc1. The van der Waals surface area contributed by atoms with Crippen molar-refractivity contribution in [2.45, 2.75) is 31.3 Å². The summed E-state index contributed by atoms with van der Waals surface area (Å²) in [5.74, 6) is -1.97. The number of aryl methyl sites for hydroxylation is 1. The van der Waals surface area contributed by atoms with E-state index in [1.807, 2.05) is 19.1 Å². The standard InChI is InChI=1S/C24H22ClFN2O5S/c1-3-16-4-9-19(10-5-16)27-23(29)15(2)33-24(30)17-6-13-21(25)22(14-17)34(31,32)28-20-11-7-18(26)8-12-20/h4-15,28H,3H2,1-2H3,(H,27,29)/t15-/m0/s1. The molecule has 0 radical (unpaired) electrons. The average Bonchev–Trinajstić information content (AvgIpc) is 2.81. The monoisotopic (exact) mass is 504 g/mol. The van der Waals surface area contributed by atoms with Crippen LogP contribution in [0.1, 0.15) is 29.8 Å². The molecule has 7 nitrogen and oxygen atoms in total. The highest BCUT2D eigenvalue weighted by Gasteiger charge is 2.23. The number of benzene rings is 3. The summed E-state index contributed by atoms with van der Waals surface area (Å²) < 4.78 is 46.1. The Kier molecular flexibility index (Phi) is 7.90. The minimum absolute atomic E-state index is 0.114. The molecule has 3 aromatic rings. The third-order valence-corrected chi connectivity index (χ3v) is 6.70. The van der Waals surface area contributed by atoms with E-state index in [1.54, 1.807) is 12.1 Å². The van der Waals surface area contributed by atoms with E-state index < -0.39 is 33.8 Å². The highest BCUT2D eigenvalue weighted by Crippen LogP contribution is 2.26. The summed E-state index contributed by atoms with van der Waals surface area (Å²) in [5, 5.41) is 2.52. The molecule has 0 saturated heterocycles. The zero-order valence-electron chi connectivity index (χ0n) is 18.3. The van der Waals surface area contributed by atoms with Crippen LogP contribution in [0.25, 0.3) is 0 Å². The van der Waals surface area contributed by atoms with Crippen LogP contribution in [0, 0.1) is 5.82 Å². The fraction of sp³-hybridized carbons (Fsp3) is 0.167. The normalized spacial score (nSPS) is 12.0. The lowest BCUT2D eigenvalue weighted by Gasteiger charge is -2.15. The summed E-state index contributed by atoms with van der Waals surface area (Å²) in [6.07, 6.45) is -0.285. The molecule has 0 bridgehead atoms. The van der Waals surface area contributed by atoms with Gasteiger partial charge in [-0.25, -0.2) is 17.6 Å². The van der Waals surface area contributed by atoms with Crippen molar-refractivity contribution in [2.24, 2.45) is 0 Å². The van der Waals surface area contributed by atoms with E-state index in [0.717, 1.165) is 30.2 Å². The van der Waals surface area contributed by atoms with Gasteiger partial charge in [0.15, 0.2) is 6.10 Å². The number of anilines is 2. The summed E-state index contributed by atoms with van der Waals surface area (Å²) in [6.45, 7) is 3.42. The topological polar surface area (TPSA) is 102 Å². The molecule has 34 heavy (non-hydrogen) atoms. The van der Waals surface area contributed by atoms with Gasteiger partial charge in [0, 0.05) is 11.4 Å². The molecule has 3 rings (SSSR count). The first-order valence-electron chi connectivity index (χ1n) is 10.3. The van der Waals surface area contributed by atoms with E-state index in [0.29, 0.717) is 5.69 Å². The first-order valence-corrected chi connectivity index (χ1v) is 12.1. The largest absolute Gasteiger partial charge is 0.449 e. The van der Waals surface area contributed by atoms with Gasteiger partial charge in [-0.15, -0.1) is 0 Å². The summed E-state index contributed by atoms with van der Waals surface area (Å²) in [6, 6.07) is 15.5. The third-order valence-electron chi connectivity index (χ3n) is 4.84. The second-order valence-electron chi connectivity index (χ2n) is 7.34. The van der Waals surface area contributed by atoms with E-state index >= 15 is 0 Å². The lowest BCUT2D eigenvalue weighted by atomic mass is 10.1. The molecular formula is C24H22ClFN2O5S. The molecule has 1 amide bonds. The second-order valence-corrected chi connectivity index (χ2v) is 9.40. The van der Waals surface area contributed by atoms with Crippen LogP contribution in [0.2, 0.25) is 5.02 Å². The number of ether oxygens (including phenoxy) is 1. The van der Waals surface area contributed by atoms with Crippen LogP contribution >= 0.6 is 11.6 Å². The van der Waals surface area contributed by atoms with Gasteiger partial charge >= 0.3 is 5.97 Å². The van der Waals surface area contributed by atoms with Crippen LogP contribution < -0.4 is 10.0 Å². The Labute approximate surface area is 202 Å². The van der Waals surface area contributed by atoms with Gasteiger partial charge < -0.3 is 10.1 Å². The number of hydrogen-bond donors (Lipinski definition) is 2. The van der Waals surface area contributed by atoms with Crippen molar-refractivity contribution in [1.29, 1.82) is 0 Å². The van der Waals surface area contributed by atoms with Crippen molar-refractivity contribution in [3.05, 3.63) is 88.7 Å². The number of halogens is 2. The Morgan fingerprint density at radius 2 is 1.62 bits per heavy atom. The van der Waals surface area contributed by atoms with Crippen molar-refractivity contribution in [3.8, 4) is 0 Å². The first kappa shape index (κ1) is 25.2. The quantitative estimate of drug-likeness (QED) is 0.419. The molecule has 10 heteroatoms. The van der Waals surface area contributed by atoms with Gasteiger partial charge in [0.25, 0.3) is 15.9 Å². The van der Waals surface area contributed by atoms with Crippen molar-refractivity contribution in [3.63, 3.8) is 0 Å². The summed E-state index contributed by atoms with van der Waals surface area (Å²) in [4.78, 5) is 24.6. The van der Waals surface area contributed by atoms with Crippen LogP contribution in [0.15, 0.2) is 71.6 Å². The molecule has 0 unspecified atom stereocenters. The highest BCUT2D eigenvalue weighted by molar-refractivity contribution is 7.92. The van der Waals surface area contributed by atoms with E-state index in [4.69, 9.17) is 16.3 Å². The molecule has 0 spiro atoms. The molecule has 0 aliphatic heterocycles. The Balaban J connectivity index is 1.71. The van der Waals surface area contributed by atoms with E-state index in [-0.39, 0.29) is 21.2 Å². The fourth-order valence-electron chi connectivity index (χ4n) is 2.91. The van der Waals surface area contributed by atoms with Crippen LogP contribution in [-0.2, 0) is 26.0 Å². The third kappa shape index (κ3) is 6.33. The highest BCUT2D eigenvalue weighted by atomic mass is 35.5. The maximum atomic E-state index is 13.1. The van der Waals surface area contributed by atoms with Crippen LogP contribution in [0.5, 0.6) is 0 Å². The van der Waals surface area contributed by atoms with Crippen molar-refractivity contribution in [2.75, 3.05) is 10.0 Å². The summed E-state index contributed by atoms with van der Waals surface area (Å²) in [5.41, 5.74) is 1.66. The minimum Gasteiger partial charge on any atom is -0.449 e. The van der Waals surface area contributed by atoms with Gasteiger partial charge in [-0.3, -0.25) is 9.52 Å². The molecule has 0 saturated carbocycles. The number of rotatable bonds is 8. The van der Waals surface area contributed by atoms with Crippen molar-refractivity contribution >= 4 is 44.9 Å². The molecule has 1 atom stereocenters. The maximum absolute atomic E-state index is 13.1. The van der Waals surface area contributed by atoms with Crippen molar-refractivity contribution in [1.82, 2.24) is 0 Å². The van der Waals surface area contributed by atoms with Crippen molar-refractivity contribution < 1.29 is 27.1 Å². The van der Waals surface area contributed by atoms with E-state index in [9.17, 15) is 22.4 Å². The number of carbonyl (C=O) groups excluding carboxylic acids is 2. The predicted octanol–water partition coefficient (Wildman–Crippen LogP) is 5.03. The number of hydrogen-bond acceptors (Lipinski definition) is 5. The smallest absolute Gasteiger partial charge is 0.338 e. The van der Waals surface area contributed by atoms with Gasteiger partial charge in [0.1, 0.15) is 10.7 Å². The lowest BCUT2D eigenvalue weighted by Crippen LogP contribution is -2.30. The maximum Gasteiger partial charge on any atom is 0.338 e. The molecule has 0 heterocycles. The fourth-order valence-corrected chi connectivity index (χ4v) is 4.50. The second kappa shape index (κ2) is 10.7. The van der Waals surface area contributed by atoms with Gasteiger partial charge in [-0.1, -0.05) is 30.7 Å². The molecule has 0 aliphatic rings. The van der Waals surface area contributed by atoms with Gasteiger partial charge in [0.05, 0.1) is 10.6 Å². The van der Waals surface area contributed by atoms with Crippen LogP contribution in [0.3, 0.4) is 0 Å². The van der Waals surface area contributed by atoms with Gasteiger partial charge in [-0.05, 0) is 73.5 Å². The molecule has 3 aromatic carbocycles. The molecule has 0 aromatic heterocycles. The average molecular weight is 505 g/mol. The van der Waals surface area contributed by atoms with Gasteiger partial charge in [0.2, 0.25) is 0 Å². The minimum atomic E-state index is -4.20. The summed E-state index contributed by atoms with van der Waals surface area (Å²) in [7, 11) is -4.20. The van der Waals surface area contributed by atoms with E-state index in [1.165, 1.54) is 31.2 Å². The number of carbonyl (C=O) groups is 2. The zero-order chi connectivity index (χ0) is 24.9. The predicted molar refractivity (Wildman–Crippen MR) is 128 cm³/mol. The van der Waals surface area contributed by atoms with Crippen LogP contribution in [0.4, 0.5) is 15.8 Å². The zero-order valence-corrected chi connectivity index (χ0v) is 19.9. The Morgan fingerprint density at radius 1 is 1.00 bits per heavy atom. The number of sulfonamides is 1. The first-order chi connectivity index (χ1) is 16.1. The van der Waals surface area contributed by atoms with E-state index in [2.05, 4.69) is 10.0 Å². The van der Waals surface area contributed by atoms with Gasteiger partial charge in [-0.2, -0.15) is 0 Å². The Hall–Kier alpha value is -3.43. The molecule has 0 aliphatic carbocycles. The van der Waals surface area contributed by atoms with Crippen LogP contribution in [-0.4, -0.2) is 26.4 Å². The molecule has 0 fully saturated rings. The number of nitrogens with one attached hydrogen (secondary N) is 2. The lowest BCUT2D eigenvalue weighted by molar-refractivity contribution is -0.123. The number of esters is 1. The molecule has 178 valence electrons. The molecular weight excluding hydrogens is 483 g/mol. The Morgan fingerprint density at radius 3 is 2.24 bits per heavy atom. The summed E-state index contributed by atoms with van der Waals surface area (Å²) >= 11 is 6.05.